The largest absolute Gasteiger partial charge is 0.394 e. The molecule has 0 aromatic rings. The number of aliphatic hydroxyl groups excluding tert-OH is 8. The Bertz CT molecular complexity index is 1300. The van der Waals surface area contributed by atoms with Gasteiger partial charge in [0.25, 0.3) is 0 Å². The third-order valence-electron chi connectivity index (χ3n) is 16.5. The molecule has 8 rings (SSSR count). The lowest BCUT2D eigenvalue weighted by Gasteiger charge is -2.65. The standard InChI is InChI=1S/C37H60O13/c1-16-10-17-20(47-30(16)45)12-35(5)29-19(48-32-28(44)26(42)25(41)21(13-38)49-32)11-22-33(2,3)23(50-31-27(43)24(40)18(39)14-46-31)6-7-36(22)15-37(29,36)9-8-34(17,35)4/h16-32,38-45H,6-15H2,1-5H3. The Morgan fingerprint density at radius 3 is 2.18 bits per heavy atom. The SMILES string of the molecule is CC1CC2C(CC3(C)C4C(OC5OC(CO)C(O)C(O)C5O)CC5C(C)(C)C(OC6OCC(O)C(O)C6O)CCC56CC46CCC23C)OC1O. The van der Waals surface area contributed by atoms with E-state index >= 15 is 0 Å². The van der Waals surface area contributed by atoms with E-state index in [1.165, 1.54) is 0 Å². The minimum Gasteiger partial charge on any atom is -0.394 e. The molecular weight excluding hydrogens is 652 g/mol. The molecule has 3 heterocycles. The van der Waals surface area contributed by atoms with Crippen LogP contribution in [0.2, 0.25) is 0 Å². The minimum absolute atomic E-state index is 0.00375. The summed E-state index contributed by atoms with van der Waals surface area (Å²) in [6.07, 6.45) is -6.59. The maximum Gasteiger partial charge on any atom is 0.186 e. The second-order valence-corrected chi connectivity index (χ2v) is 18.8. The van der Waals surface area contributed by atoms with Gasteiger partial charge in [0.1, 0.15) is 42.7 Å². The molecule has 50 heavy (non-hydrogen) atoms. The fourth-order valence-electron chi connectivity index (χ4n) is 13.6. The van der Waals surface area contributed by atoms with E-state index in [1.807, 2.05) is 0 Å². The Labute approximate surface area is 294 Å². The molecule has 2 spiro atoms. The highest BCUT2D eigenvalue weighted by Crippen LogP contribution is 2.89. The van der Waals surface area contributed by atoms with Crippen LogP contribution in [-0.2, 0) is 23.7 Å². The Balaban J connectivity index is 1.15. The lowest BCUT2D eigenvalue weighted by Crippen LogP contribution is -2.65. The fourth-order valence-corrected chi connectivity index (χ4v) is 13.6. The van der Waals surface area contributed by atoms with E-state index in [9.17, 15) is 40.9 Å². The van der Waals surface area contributed by atoms with Crippen LogP contribution in [0, 0.1) is 50.7 Å². The van der Waals surface area contributed by atoms with Crippen LogP contribution in [0.15, 0.2) is 0 Å². The highest BCUT2D eigenvalue weighted by atomic mass is 16.7. The molecule has 13 nitrogen and oxygen atoms in total. The predicted molar refractivity (Wildman–Crippen MR) is 174 cm³/mol. The van der Waals surface area contributed by atoms with Crippen molar-refractivity contribution in [2.45, 2.75) is 166 Å². The van der Waals surface area contributed by atoms with Gasteiger partial charge in [0.05, 0.1) is 31.5 Å². The van der Waals surface area contributed by atoms with Gasteiger partial charge < -0.3 is 64.5 Å². The predicted octanol–water partition coefficient (Wildman–Crippen LogP) is 0.398. The molecule has 0 radical (unpaired) electrons. The van der Waals surface area contributed by atoms with Gasteiger partial charge in [-0.2, -0.15) is 0 Å². The second kappa shape index (κ2) is 12.0. The summed E-state index contributed by atoms with van der Waals surface area (Å²) >= 11 is 0. The van der Waals surface area contributed by atoms with Crippen LogP contribution in [-0.4, -0.2) is 134 Å². The quantitative estimate of drug-likeness (QED) is 0.182. The normalized spacial score (nSPS) is 61.3. The summed E-state index contributed by atoms with van der Waals surface area (Å²) in [4.78, 5) is 0. The van der Waals surface area contributed by atoms with Gasteiger partial charge in [-0.1, -0.05) is 34.6 Å². The highest BCUT2D eigenvalue weighted by molar-refractivity contribution is 5.33. The molecule has 0 bridgehead atoms. The first-order valence-electron chi connectivity index (χ1n) is 19.1. The number of aliphatic hydroxyl groups is 8. The average molecular weight is 713 g/mol. The van der Waals surface area contributed by atoms with Crippen LogP contribution in [0.3, 0.4) is 0 Å². The zero-order chi connectivity index (χ0) is 35.9. The van der Waals surface area contributed by atoms with Crippen molar-refractivity contribution in [1.82, 2.24) is 0 Å². The number of ether oxygens (including phenoxy) is 5. The Kier molecular flexibility index (Phi) is 8.74. The maximum atomic E-state index is 11.2. The average Bonchev–Trinajstić information content (AvgIpc) is 3.67. The third kappa shape index (κ3) is 4.78. The van der Waals surface area contributed by atoms with Gasteiger partial charge in [0, 0.05) is 5.92 Å². The van der Waals surface area contributed by atoms with Crippen molar-refractivity contribution in [3.63, 3.8) is 0 Å². The molecule has 13 heteroatoms. The van der Waals surface area contributed by atoms with Crippen LogP contribution >= 0.6 is 0 Å². The van der Waals surface area contributed by atoms with Crippen LogP contribution in [0.1, 0.15) is 86.0 Å². The number of hydrogen-bond donors (Lipinski definition) is 8. The van der Waals surface area contributed by atoms with E-state index in [4.69, 9.17) is 23.7 Å². The van der Waals surface area contributed by atoms with E-state index in [2.05, 4.69) is 34.6 Å². The summed E-state index contributed by atoms with van der Waals surface area (Å²) in [5.41, 5.74) is -0.840. The summed E-state index contributed by atoms with van der Waals surface area (Å²) in [5.74, 6) is 0.459. The van der Waals surface area contributed by atoms with Crippen molar-refractivity contribution in [2.24, 2.45) is 50.7 Å². The molecule has 286 valence electrons. The molecule has 21 atom stereocenters. The second-order valence-electron chi connectivity index (χ2n) is 18.8. The van der Waals surface area contributed by atoms with E-state index in [1.54, 1.807) is 0 Å². The summed E-state index contributed by atoms with van der Waals surface area (Å²) in [5, 5.41) is 84.4. The van der Waals surface area contributed by atoms with Crippen molar-refractivity contribution in [1.29, 1.82) is 0 Å². The van der Waals surface area contributed by atoms with Gasteiger partial charge in [0.15, 0.2) is 18.9 Å². The zero-order valence-electron chi connectivity index (χ0n) is 30.0. The lowest BCUT2D eigenvalue weighted by molar-refractivity contribution is -0.335. The van der Waals surface area contributed by atoms with Crippen molar-refractivity contribution in [3.05, 3.63) is 0 Å². The number of fused-ring (bicyclic) bond motifs is 4. The monoisotopic (exact) mass is 712 g/mol. The summed E-state index contributed by atoms with van der Waals surface area (Å²) in [6.45, 7) is 10.5. The first-order chi connectivity index (χ1) is 23.5. The number of rotatable bonds is 5. The molecule has 0 aromatic carbocycles. The highest BCUT2D eigenvalue weighted by Gasteiger charge is 2.85. The van der Waals surface area contributed by atoms with Gasteiger partial charge in [-0.15, -0.1) is 0 Å². The first kappa shape index (κ1) is 36.5. The van der Waals surface area contributed by atoms with Crippen molar-refractivity contribution in [2.75, 3.05) is 13.2 Å². The van der Waals surface area contributed by atoms with Gasteiger partial charge in [0.2, 0.25) is 0 Å². The van der Waals surface area contributed by atoms with Gasteiger partial charge in [-0.3, -0.25) is 0 Å². The van der Waals surface area contributed by atoms with Crippen molar-refractivity contribution in [3.8, 4) is 0 Å². The van der Waals surface area contributed by atoms with Gasteiger partial charge in [-0.25, -0.2) is 0 Å². The summed E-state index contributed by atoms with van der Waals surface area (Å²) < 4.78 is 31.4. The van der Waals surface area contributed by atoms with E-state index in [0.29, 0.717) is 6.42 Å². The minimum atomic E-state index is -1.55. The van der Waals surface area contributed by atoms with Gasteiger partial charge in [-0.05, 0) is 96.2 Å². The molecule has 8 aliphatic rings. The Hall–Kier alpha value is -0.520. The van der Waals surface area contributed by atoms with Crippen LogP contribution in [0.5, 0.6) is 0 Å². The molecule has 8 N–H and O–H groups in total. The smallest absolute Gasteiger partial charge is 0.186 e. The van der Waals surface area contributed by atoms with Crippen LogP contribution < -0.4 is 0 Å². The zero-order valence-corrected chi connectivity index (χ0v) is 30.0. The molecule has 0 aromatic heterocycles. The molecule has 5 saturated carbocycles. The molecule has 3 aliphatic heterocycles. The van der Waals surface area contributed by atoms with E-state index in [0.717, 1.165) is 44.9 Å². The maximum absolute atomic E-state index is 11.2. The fraction of sp³-hybridized carbons (Fsp3) is 1.00. The van der Waals surface area contributed by atoms with Crippen LogP contribution in [0.25, 0.3) is 0 Å². The molecule has 8 fully saturated rings. The third-order valence-corrected chi connectivity index (χ3v) is 16.5. The Morgan fingerprint density at radius 2 is 1.46 bits per heavy atom. The number of hydrogen-bond acceptors (Lipinski definition) is 13. The topological polar surface area (TPSA) is 208 Å². The van der Waals surface area contributed by atoms with Crippen molar-refractivity contribution < 1.29 is 64.5 Å². The molecule has 3 saturated heterocycles. The molecule has 0 amide bonds. The van der Waals surface area contributed by atoms with E-state index in [-0.39, 0.29) is 64.1 Å². The summed E-state index contributed by atoms with van der Waals surface area (Å²) in [7, 11) is 0. The Morgan fingerprint density at radius 1 is 0.740 bits per heavy atom. The molecule has 5 aliphatic carbocycles. The molecule has 21 unspecified atom stereocenters. The van der Waals surface area contributed by atoms with Gasteiger partial charge >= 0.3 is 0 Å². The van der Waals surface area contributed by atoms with E-state index < -0.39 is 79.7 Å². The summed E-state index contributed by atoms with van der Waals surface area (Å²) in [6, 6.07) is 0. The van der Waals surface area contributed by atoms with Crippen molar-refractivity contribution >= 4 is 0 Å². The molecular formula is C37H60O13. The van der Waals surface area contributed by atoms with Crippen LogP contribution in [0.4, 0.5) is 0 Å². The lowest BCUT2D eigenvalue weighted by atomic mass is 9.41. The first-order valence-corrected chi connectivity index (χ1v) is 19.1.